The van der Waals surface area contributed by atoms with Gasteiger partial charge in [-0.2, -0.15) is 0 Å². The lowest BCUT2D eigenvalue weighted by atomic mass is 9.91. The van der Waals surface area contributed by atoms with Gasteiger partial charge in [0.25, 0.3) is 0 Å². The van der Waals surface area contributed by atoms with Crippen molar-refractivity contribution >= 4 is 11.9 Å². The van der Waals surface area contributed by atoms with E-state index in [0.29, 0.717) is 18.4 Å². The number of rotatable bonds is 8. The summed E-state index contributed by atoms with van der Waals surface area (Å²) in [6.07, 6.45) is 7.39. The van der Waals surface area contributed by atoms with Crippen molar-refractivity contribution in [3.63, 3.8) is 0 Å². The van der Waals surface area contributed by atoms with Crippen LogP contribution in [-0.2, 0) is 14.3 Å². The number of esters is 2. The molecule has 1 aliphatic carbocycles. The van der Waals surface area contributed by atoms with Gasteiger partial charge >= 0.3 is 11.9 Å². The minimum Gasteiger partial charge on any atom is -0.462 e. The minimum atomic E-state index is -0.515. The summed E-state index contributed by atoms with van der Waals surface area (Å²) >= 11 is 0. The van der Waals surface area contributed by atoms with E-state index in [9.17, 15) is 14.7 Å². The molecule has 1 saturated carbocycles. The van der Waals surface area contributed by atoms with Crippen LogP contribution in [0.3, 0.4) is 0 Å². The molecule has 1 aliphatic heterocycles. The molecule has 0 amide bonds. The molecule has 1 unspecified atom stereocenters. The zero-order chi connectivity index (χ0) is 19.2. The van der Waals surface area contributed by atoms with Crippen LogP contribution < -0.4 is 0 Å². The van der Waals surface area contributed by atoms with Crippen molar-refractivity contribution in [2.24, 2.45) is 11.8 Å². The number of aliphatic hydroxyl groups is 1. The summed E-state index contributed by atoms with van der Waals surface area (Å²) in [5.41, 5.74) is 0.508. The summed E-state index contributed by atoms with van der Waals surface area (Å²) < 4.78 is 11.1. The standard InChI is InChI=1S/C22H28O5/c1-2-3-5-10-16(23)11-12-17-18-13-21(24)26-20(18)14-19(17)27-22(25)15-8-6-4-7-9-15/h4,6-9,11-12,16-20,23H,2-3,5,10,13-14H2,1H3/b12-11+/t16-,17?,18+,19+,20-/m0/s1. The highest BCUT2D eigenvalue weighted by atomic mass is 16.6. The van der Waals surface area contributed by atoms with Gasteiger partial charge in [-0.15, -0.1) is 0 Å². The number of aliphatic hydroxyl groups excluding tert-OH is 1. The van der Waals surface area contributed by atoms with Crippen molar-refractivity contribution < 1.29 is 24.2 Å². The average molecular weight is 372 g/mol. The first-order valence-electron chi connectivity index (χ1n) is 9.90. The highest BCUT2D eigenvalue weighted by Gasteiger charge is 2.50. The molecule has 1 aromatic rings. The molecule has 146 valence electrons. The van der Waals surface area contributed by atoms with E-state index in [2.05, 4.69) is 6.92 Å². The highest BCUT2D eigenvalue weighted by Crippen LogP contribution is 2.43. The molecule has 3 rings (SSSR count). The Balaban J connectivity index is 1.66. The normalized spacial score (nSPS) is 28.1. The van der Waals surface area contributed by atoms with Gasteiger partial charge in [-0.05, 0) is 18.6 Å². The largest absolute Gasteiger partial charge is 0.462 e. The first-order valence-corrected chi connectivity index (χ1v) is 9.90. The van der Waals surface area contributed by atoms with Crippen LogP contribution >= 0.6 is 0 Å². The number of benzene rings is 1. The van der Waals surface area contributed by atoms with Crippen LogP contribution in [0, 0.1) is 11.8 Å². The van der Waals surface area contributed by atoms with Crippen molar-refractivity contribution in [3.8, 4) is 0 Å². The predicted molar refractivity (Wildman–Crippen MR) is 101 cm³/mol. The lowest BCUT2D eigenvalue weighted by Crippen LogP contribution is -2.25. The third kappa shape index (κ3) is 4.98. The number of hydrogen-bond acceptors (Lipinski definition) is 5. The molecule has 5 atom stereocenters. The third-order valence-electron chi connectivity index (χ3n) is 5.48. The Bertz CT molecular complexity index is 669. The van der Waals surface area contributed by atoms with Crippen LogP contribution in [0.4, 0.5) is 0 Å². The molecule has 27 heavy (non-hydrogen) atoms. The van der Waals surface area contributed by atoms with E-state index in [1.165, 1.54) is 0 Å². The topological polar surface area (TPSA) is 72.8 Å². The Hall–Kier alpha value is -2.14. The second-order valence-corrected chi connectivity index (χ2v) is 7.47. The Morgan fingerprint density at radius 3 is 2.85 bits per heavy atom. The molecule has 0 aromatic heterocycles. The van der Waals surface area contributed by atoms with Crippen LogP contribution in [0.5, 0.6) is 0 Å². The molecule has 0 bridgehead atoms. The summed E-state index contributed by atoms with van der Waals surface area (Å²) in [6, 6.07) is 8.89. The van der Waals surface area contributed by atoms with Crippen LogP contribution in [0.25, 0.3) is 0 Å². The lowest BCUT2D eigenvalue weighted by molar-refractivity contribution is -0.141. The number of carbonyl (C=O) groups excluding carboxylic acids is 2. The quantitative estimate of drug-likeness (QED) is 0.428. The zero-order valence-corrected chi connectivity index (χ0v) is 15.8. The number of unbranched alkanes of at least 4 members (excludes halogenated alkanes) is 2. The zero-order valence-electron chi connectivity index (χ0n) is 15.8. The average Bonchev–Trinajstić information content (AvgIpc) is 3.16. The van der Waals surface area contributed by atoms with Crippen molar-refractivity contribution in [3.05, 3.63) is 48.0 Å². The monoisotopic (exact) mass is 372 g/mol. The smallest absolute Gasteiger partial charge is 0.338 e. The van der Waals surface area contributed by atoms with Gasteiger partial charge in [0.1, 0.15) is 12.2 Å². The van der Waals surface area contributed by atoms with E-state index < -0.39 is 6.10 Å². The Morgan fingerprint density at radius 2 is 2.11 bits per heavy atom. The first-order chi connectivity index (χ1) is 13.1. The summed E-state index contributed by atoms with van der Waals surface area (Å²) in [6.45, 7) is 2.13. The molecule has 1 heterocycles. The number of fused-ring (bicyclic) bond motifs is 1. The van der Waals surface area contributed by atoms with Gasteiger partial charge < -0.3 is 14.6 Å². The maximum absolute atomic E-state index is 12.4. The summed E-state index contributed by atoms with van der Waals surface area (Å²) in [5, 5.41) is 10.2. The van der Waals surface area contributed by atoms with Gasteiger partial charge in [-0.25, -0.2) is 4.79 Å². The van der Waals surface area contributed by atoms with Gasteiger partial charge in [0, 0.05) is 18.3 Å². The third-order valence-corrected chi connectivity index (χ3v) is 5.48. The first kappa shape index (κ1) is 19.6. The fourth-order valence-electron chi connectivity index (χ4n) is 4.03. The number of hydrogen-bond donors (Lipinski definition) is 1. The Kier molecular flexibility index (Phi) is 6.67. The van der Waals surface area contributed by atoms with Gasteiger partial charge in [-0.3, -0.25) is 4.79 Å². The van der Waals surface area contributed by atoms with Crippen LogP contribution in [0.1, 0.15) is 55.8 Å². The molecule has 5 heteroatoms. The molecule has 5 nitrogen and oxygen atoms in total. The SMILES string of the molecule is CCCCC[C@H](O)/C=C/C1[C@H]2CC(=O)O[C@H]2C[C@H]1OC(=O)c1ccccc1. The highest BCUT2D eigenvalue weighted by molar-refractivity contribution is 5.89. The fraction of sp³-hybridized carbons (Fsp3) is 0.545. The Morgan fingerprint density at radius 1 is 1.33 bits per heavy atom. The number of ether oxygens (including phenoxy) is 2. The van der Waals surface area contributed by atoms with Gasteiger partial charge in [0.2, 0.25) is 0 Å². The summed E-state index contributed by atoms with van der Waals surface area (Å²) in [7, 11) is 0. The molecule has 2 fully saturated rings. The van der Waals surface area contributed by atoms with Crippen LogP contribution in [0.2, 0.25) is 0 Å². The lowest BCUT2D eigenvalue weighted by Gasteiger charge is -2.20. The van der Waals surface area contributed by atoms with E-state index in [-0.39, 0.29) is 36.0 Å². The van der Waals surface area contributed by atoms with Crippen molar-refractivity contribution in [1.29, 1.82) is 0 Å². The summed E-state index contributed by atoms with van der Waals surface area (Å²) in [5.74, 6) is -0.673. The van der Waals surface area contributed by atoms with Crippen LogP contribution in [-0.4, -0.2) is 35.4 Å². The second kappa shape index (κ2) is 9.18. The fourth-order valence-corrected chi connectivity index (χ4v) is 4.03. The van der Waals surface area contributed by atoms with E-state index in [0.717, 1.165) is 25.7 Å². The van der Waals surface area contributed by atoms with Gasteiger partial charge in [0.05, 0.1) is 18.1 Å². The summed E-state index contributed by atoms with van der Waals surface area (Å²) in [4.78, 5) is 24.1. The molecular formula is C22H28O5. The van der Waals surface area contributed by atoms with Gasteiger partial charge in [0.15, 0.2) is 0 Å². The Labute approximate surface area is 160 Å². The maximum atomic E-state index is 12.4. The van der Waals surface area contributed by atoms with Crippen molar-refractivity contribution in [2.45, 2.75) is 63.8 Å². The van der Waals surface area contributed by atoms with Crippen molar-refractivity contribution in [1.82, 2.24) is 0 Å². The van der Waals surface area contributed by atoms with Crippen molar-refractivity contribution in [2.75, 3.05) is 0 Å². The predicted octanol–water partition coefficient (Wildman–Crippen LogP) is 3.66. The molecule has 1 N–H and O–H groups in total. The molecular weight excluding hydrogens is 344 g/mol. The molecule has 0 spiro atoms. The van der Waals surface area contributed by atoms with E-state index in [1.54, 1.807) is 30.3 Å². The van der Waals surface area contributed by atoms with Gasteiger partial charge in [-0.1, -0.05) is 56.5 Å². The molecule has 0 radical (unpaired) electrons. The molecule has 1 saturated heterocycles. The van der Waals surface area contributed by atoms with E-state index >= 15 is 0 Å². The van der Waals surface area contributed by atoms with E-state index in [1.807, 2.05) is 12.1 Å². The molecule has 2 aliphatic rings. The second-order valence-electron chi connectivity index (χ2n) is 7.47. The minimum absolute atomic E-state index is 0.00478. The van der Waals surface area contributed by atoms with Crippen LogP contribution in [0.15, 0.2) is 42.5 Å². The maximum Gasteiger partial charge on any atom is 0.338 e. The number of carbonyl (C=O) groups is 2. The molecule has 1 aromatic carbocycles. The van der Waals surface area contributed by atoms with E-state index in [4.69, 9.17) is 9.47 Å².